The molecule has 0 radical (unpaired) electrons. The number of carbonyl (C=O) groups excluding carboxylic acids is 1. The van der Waals surface area contributed by atoms with E-state index in [1.807, 2.05) is 6.92 Å². The number of non-ortho nitro benzene ring substituents is 1. The van der Waals surface area contributed by atoms with E-state index in [9.17, 15) is 14.9 Å². The van der Waals surface area contributed by atoms with Crippen molar-refractivity contribution in [2.24, 2.45) is 0 Å². The Labute approximate surface area is 126 Å². The van der Waals surface area contributed by atoms with E-state index >= 15 is 0 Å². The minimum atomic E-state index is -0.493. The zero-order chi connectivity index (χ0) is 16.1. The molecule has 0 bridgehead atoms. The fourth-order valence-corrected chi connectivity index (χ4v) is 1.68. The molecule has 1 atom stereocenters. The number of hydrogen-bond donors (Lipinski definition) is 2. The van der Waals surface area contributed by atoms with Gasteiger partial charge in [0, 0.05) is 24.7 Å². The first-order chi connectivity index (χ1) is 10.5. The van der Waals surface area contributed by atoms with Gasteiger partial charge in [0.1, 0.15) is 0 Å². The molecule has 22 heavy (non-hydrogen) atoms. The van der Waals surface area contributed by atoms with Crippen molar-refractivity contribution >= 4 is 11.6 Å². The van der Waals surface area contributed by atoms with Crippen LogP contribution in [0.2, 0.25) is 0 Å². The number of carbonyl (C=O) groups is 1. The molecule has 0 aliphatic rings. The van der Waals surface area contributed by atoms with E-state index in [0.717, 1.165) is 0 Å². The number of likely N-dealkylation sites (N-methyl/N-ethyl adjacent to an activating group) is 1. The fourth-order valence-electron chi connectivity index (χ4n) is 1.68. The van der Waals surface area contributed by atoms with Crippen molar-refractivity contribution in [3.8, 4) is 5.69 Å². The van der Waals surface area contributed by atoms with Crippen molar-refractivity contribution in [2.75, 3.05) is 13.6 Å². The number of aromatic nitrogens is 3. The smallest absolute Gasteiger partial charge is 0.273 e. The van der Waals surface area contributed by atoms with E-state index in [2.05, 4.69) is 20.9 Å². The summed E-state index contributed by atoms with van der Waals surface area (Å²) in [7, 11) is 1.80. The second-order valence-corrected chi connectivity index (χ2v) is 4.73. The Bertz CT molecular complexity index is 684. The number of benzene rings is 1. The van der Waals surface area contributed by atoms with Crippen molar-refractivity contribution in [3.05, 3.63) is 46.3 Å². The summed E-state index contributed by atoms with van der Waals surface area (Å²) in [5, 5.41) is 24.1. The molecule has 1 unspecified atom stereocenters. The Morgan fingerprint density at radius 3 is 2.95 bits per heavy atom. The molecule has 0 saturated carbocycles. The molecule has 0 aliphatic heterocycles. The summed E-state index contributed by atoms with van der Waals surface area (Å²) in [5.74, 6) is -0.348. The monoisotopic (exact) mass is 304 g/mol. The third kappa shape index (κ3) is 3.64. The molecule has 0 saturated heterocycles. The number of amides is 1. The van der Waals surface area contributed by atoms with Gasteiger partial charge in [-0.25, -0.2) is 4.68 Å². The van der Waals surface area contributed by atoms with Gasteiger partial charge in [-0.05, 0) is 20.0 Å². The van der Waals surface area contributed by atoms with E-state index in [1.165, 1.54) is 23.0 Å². The maximum atomic E-state index is 11.9. The molecule has 0 fully saturated rings. The summed E-state index contributed by atoms with van der Waals surface area (Å²) >= 11 is 0. The van der Waals surface area contributed by atoms with Crippen molar-refractivity contribution in [1.29, 1.82) is 0 Å². The molecule has 1 aromatic heterocycles. The second-order valence-electron chi connectivity index (χ2n) is 4.73. The highest BCUT2D eigenvalue weighted by Gasteiger charge is 2.13. The van der Waals surface area contributed by atoms with Gasteiger partial charge in [0.25, 0.3) is 11.6 Å². The maximum Gasteiger partial charge on any atom is 0.273 e. The molecular weight excluding hydrogens is 288 g/mol. The van der Waals surface area contributed by atoms with Crippen LogP contribution in [0.1, 0.15) is 17.4 Å². The third-order valence-corrected chi connectivity index (χ3v) is 3.09. The Balaban J connectivity index is 2.12. The quantitative estimate of drug-likeness (QED) is 0.593. The summed E-state index contributed by atoms with van der Waals surface area (Å²) in [4.78, 5) is 22.2. The lowest BCUT2D eigenvalue weighted by molar-refractivity contribution is -0.384. The van der Waals surface area contributed by atoms with Crippen LogP contribution in [0.25, 0.3) is 5.69 Å². The van der Waals surface area contributed by atoms with Crippen LogP contribution in [0.5, 0.6) is 0 Å². The van der Waals surface area contributed by atoms with Gasteiger partial charge < -0.3 is 10.6 Å². The SMILES string of the molecule is CNC(C)CNC(=O)c1cn(-c2cccc([N+](=O)[O-])c2)nn1. The highest BCUT2D eigenvalue weighted by Crippen LogP contribution is 2.15. The minimum absolute atomic E-state index is 0.0538. The number of nitro groups is 1. The standard InChI is InChI=1S/C13H16N6O3/c1-9(14-2)7-15-13(20)12-8-18(17-16-12)10-4-3-5-11(6-10)19(21)22/h3-6,8-9,14H,7H2,1-2H3,(H,15,20). The van der Waals surface area contributed by atoms with Crippen molar-refractivity contribution < 1.29 is 9.72 Å². The van der Waals surface area contributed by atoms with Gasteiger partial charge in [-0.1, -0.05) is 11.3 Å². The van der Waals surface area contributed by atoms with Gasteiger partial charge in [-0.3, -0.25) is 14.9 Å². The van der Waals surface area contributed by atoms with E-state index in [4.69, 9.17) is 0 Å². The van der Waals surface area contributed by atoms with Gasteiger partial charge in [-0.2, -0.15) is 0 Å². The first-order valence-corrected chi connectivity index (χ1v) is 6.64. The number of hydrogen-bond acceptors (Lipinski definition) is 6. The number of nitrogens with zero attached hydrogens (tertiary/aromatic N) is 4. The van der Waals surface area contributed by atoms with Gasteiger partial charge in [0.15, 0.2) is 5.69 Å². The predicted molar refractivity (Wildman–Crippen MR) is 78.9 cm³/mol. The van der Waals surface area contributed by atoms with E-state index in [-0.39, 0.29) is 23.3 Å². The normalized spacial score (nSPS) is 11.9. The van der Waals surface area contributed by atoms with Crippen LogP contribution in [-0.4, -0.2) is 45.5 Å². The summed E-state index contributed by atoms with van der Waals surface area (Å²) in [6, 6.07) is 6.07. The van der Waals surface area contributed by atoms with Crippen LogP contribution in [0.4, 0.5) is 5.69 Å². The molecule has 0 aliphatic carbocycles. The van der Waals surface area contributed by atoms with Crippen molar-refractivity contribution in [2.45, 2.75) is 13.0 Å². The molecule has 2 N–H and O–H groups in total. The molecule has 2 rings (SSSR count). The van der Waals surface area contributed by atoms with Crippen LogP contribution in [0.3, 0.4) is 0 Å². The summed E-state index contributed by atoms with van der Waals surface area (Å²) in [5.41, 5.74) is 0.556. The lowest BCUT2D eigenvalue weighted by Gasteiger charge is -2.09. The second kappa shape index (κ2) is 6.76. The van der Waals surface area contributed by atoms with Crippen LogP contribution >= 0.6 is 0 Å². The topological polar surface area (TPSA) is 115 Å². The van der Waals surface area contributed by atoms with E-state index < -0.39 is 4.92 Å². The van der Waals surface area contributed by atoms with Gasteiger partial charge >= 0.3 is 0 Å². The van der Waals surface area contributed by atoms with Crippen LogP contribution in [0.15, 0.2) is 30.5 Å². The third-order valence-electron chi connectivity index (χ3n) is 3.09. The summed E-state index contributed by atoms with van der Waals surface area (Å²) < 4.78 is 1.32. The number of nitrogens with one attached hydrogen (secondary N) is 2. The molecule has 9 nitrogen and oxygen atoms in total. The van der Waals surface area contributed by atoms with Gasteiger partial charge in [-0.15, -0.1) is 5.10 Å². The molecule has 1 aromatic carbocycles. The lowest BCUT2D eigenvalue weighted by Crippen LogP contribution is -2.37. The fraction of sp³-hybridized carbons (Fsp3) is 0.308. The van der Waals surface area contributed by atoms with Crippen molar-refractivity contribution in [3.63, 3.8) is 0 Å². The molecule has 116 valence electrons. The van der Waals surface area contributed by atoms with Crippen LogP contribution in [0, 0.1) is 10.1 Å². The zero-order valence-corrected chi connectivity index (χ0v) is 12.2. The average molecular weight is 304 g/mol. The Hall–Kier alpha value is -2.81. The van der Waals surface area contributed by atoms with Gasteiger partial charge in [0.2, 0.25) is 0 Å². The predicted octanol–water partition coefficient (Wildman–Crippen LogP) is 0.513. The molecular formula is C13H16N6O3. The van der Waals surface area contributed by atoms with Crippen molar-refractivity contribution in [1.82, 2.24) is 25.6 Å². The Kier molecular flexibility index (Phi) is 4.79. The largest absolute Gasteiger partial charge is 0.349 e. The number of rotatable bonds is 6. The maximum absolute atomic E-state index is 11.9. The average Bonchev–Trinajstić information content (AvgIpc) is 3.02. The summed E-state index contributed by atoms with van der Waals surface area (Å²) in [6.07, 6.45) is 1.43. The first kappa shape index (κ1) is 15.6. The van der Waals surface area contributed by atoms with Crippen LogP contribution in [-0.2, 0) is 0 Å². The van der Waals surface area contributed by atoms with Gasteiger partial charge in [0.05, 0.1) is 16.8 Å². The zero-order valence-electron chi connectivity index (χ0n) is 12.2. The lowest BCUT2D eigenvalue weighted by atomic mass is 10.3. The van der Waals surface area contributed by atoms with E-state index in [1.54, 1.807) is 19.2 Å². The molecule has 0 spiro atoms. The first-order valence-electron chi connectivity index (χ1n) is 6.64. The minimum Gasteiger partial charge on any atom is -0.349 e. The van der Waals surface area contributed by atoms with Crippen LogP contribution < -0.4 is 10.6 Å². The highest BCUT2D eigenvalue weighted by molar-refractivity contribution is 5.91. The Morgan fingerprint density at radius 1 is 1.50 bits per heavy atom. The molecule has 2 aromatic rings. The number of nitro benzene ring substituents is 1. The molecule has 1 heterocycles. The summed E-state index contributed by atoms with van der Waals surface area (Å²) in [6.45, 7) is 2.39. The highest BCUT2D eigenvalue weighted by atomic mass is 16.6. The molecule has 1 amide bonds. The Morgan fingerprint density at radius 2 is 2.27 bits per heavy atom. The molecule has 9 heteroatoms. The van der Waals surface area contributed by atoms with E-state index in [0.29, 0.717) is 12.2 Å².